The van der Waals surface area contributed by atoms with Crippen LogP contribution in [0, 0.1) is 5.92 Å². The van der Waals surface area contributed by atoms with Gasteiger partial charge in [0, 0.05) is 26.8 Å². The molecule has 1 aliphatic heterocycles. The van der Waals surface area contributed by atoms with Gasteiger partial charge in [-0.15, -0.1) is 0 Å². The van der Waals surface area contributed by atoms with Crippen LogP contribution in [-0.2, 0) is 30.3 Å². The van der Waals surface area contributed by atoms with Gasteiger partial charge in [-0.25, -0.2) is 14.3 Å². The highest BCUT2D eigenvalue weighted by Gasteiger charge is 2.54. The lowest BCUT2D eigenvalue weighted by Gasteiger charge is -2.25. The van der Waals surface area contributed by atoms with E-state index in [-0.39, 0.29) is 17.5 Å². The molecule has 14 heteroatoms. The number of nitrogens with zero attached hydrogens (tertiary/aromatic N) is 4. The standard InChI is InChI=1S/C19H22F3N5O6/c1-8(28)31-13-5-12(14(19(20,21)22)32-9(2)29)33-16(13)27-15-11(6-24-17(23)25-15)26(18(27)30)7-10-3-4-10/h6,10,12-14,16H,3-5,7H2,1-2H3,(H2,23,24,25)/t12?,13?,14-,16?/m1/s1. The number of imidazole rings is 1. The van der Waals surface area contributed by atoms with Crippen molar-refractivity contribution in [3.63, 3.8) is 0 Å². The number of fused-ring (bicyclic) bond motifs is 1. The van der Waals surface area contributed by atoms with E-state index in [1.807, 2.05) is 0 Å². The van der Waals surface area contributed by atoms with Gasteiger partial charge in [0.1, 0.15) is 17.7 Å². The van der Waals surface area contributed by atoms with Crippen LogP contribution in [0.2, 0.25) is 0 Å². The van der Waals surface area contributed by atoms with Crippen LogP contribution >= 0.6 is 0 Å². The van der Waals surface area contributed by atoms with Crippen molar-refractivity contribution in [1.82, 2.24) is 19.1 Å². The molecule has 1 saturated carbocycles. The molecule has 2 aromatic rings. The monoisotopic (exact) mass is 473 g/mol. The first-order valence-electron chi connectivity index (χ1n) is 10.3. The maximum atomic E-state index is 13.6. The number of hydrogen-bond acceptors (Lipinski definition) is 9. The van der Waals surface area contributed by atoms with Crippen LogP contribution in [-0.4, -0.2) is 55.5 Å². The van der Waals surface area contributed by atoms with Crippen LogP contribution in [0.1, 0.15) is 39.3 Å². The summed E-state index contributed by atoms with van der Waals surface area (Å²) < 4.78 is 58.5. The molecule has 2 fully saturated rings. The molecule has 0 spiro atoms. The van der Waals surface area contributed by atoms with Crippen LogP contribution in [0.15, 0.2) is 11.0 Å². The number of aromatic nitrogens is 4. The van der Waals surface area contributed by atoms with Gasteiger partial charge in [-0.1, -0.05) is 0 Å². The third-order valence-corrected chi connectivity index (χ3v) is 5.48. The van der Waals surface area contributed by atoms with E-state index in [0.717, 1.165) is 31.3 Å². The molecule has 3 heterocycles. The normalized spacial score (nSPS) is 24.1. The molecule has 2 N–H and O–H groups in total. The summed E-state index contributed by atoms with van der Waals surface area (Å²) in [5, 5.41) is 0. The molecule has 0 radical (unpaired) electrons. The minimum atomic E-state index is -4.95. The molecule has 1 saturated heterocycles. The molecule has 11 nitrogen and oxygen atoms in total. The fourth-order valence-electron chi connectivity index (χ4n) is 3.98. The average molecular weight is 473 g/mol. The second kappa shape index (κ2) is 8.32. The van der Waals surface area contributed by atoms with Crippen molar-refractivity contribution in [2.75, 3.05) is 5.73 Å². The fourth-order valence-corrected chi connectivity index (χ4v) is 3.98. The van der Waals surface area contributed by atoms with Crippen molar-refractivity contribution in [2.24, 2.45) is 5.92 Å². The predicted molar refractivity (Wildman–Crippen MR) is 105 cm³/mol. The zero-order valence-corrected chi connectivity index (χ0v) is 17.7. The Bertz CT molecular complexity index is 1140. The molecule has 2 aliphatic rings. The Morgan fingerprint density at radius 1 is 1.30 bits per heavy atom. The lowest BCUT2D eigenvalue weighted by atomic mass is 10.1. The zero-order valence-electron chi connectivity index (χ0n) is 17.7. The Labute approximate surface area is 184 Å². The maximum Gasteiger partial charge on any atom is 0.428 e. The third kappa shape index (κ3) is 4.65. The van der Waals surface area contributed by atoms with E-state index in [1.54, 1.807) is 0 Å². The van der Waals surface area contributed by atoms with Gasteiger partial charge in [0.05, 0.1) is 6.20 Å². The van der Waals surface area contributed by atoms with Gasteiger partial charge in [0.2, 0.25) is 12.1 Å². The minimum Gasteiger partial charge on any atom is -0.458 e. The lowest BCUT2D eigenvalue weighted by Crippen LogP contribution is -2.43. The summed E-state index contributed by atoms with van der Waals surface area (Å²) in [7, 11) is 0. The van der Waals surface area contributed by atoms with Crippen LogP contribution < -0.4 is 11.4 Å². The summed E-state index contributed by atoms with van der Waals surface area (Å²) in [5.41, 5.74) is 5.43. The summed E-state index contributed by atoms with van der Waals surface area (Å²) >= 11 is 0. The SMILES string of the molecule is CC(=O)OC1CC([C@@H](OC(C)=O)C(F)(F)F)OC1n1c(=O)n(CC2CC2)c2cnc(N)nc21. The molecule has 2 aromatic heterocycles. The number of alkyl halides is 3. The van der Waals surface area contributed by atoms with E-state index in [0.29, 0.717) is 12.1 Å². The minimum absolute atomic E-state index is 0.0343. The van der Waals surface area contributed by atoms with E-state index >= 15 is 0 Å². The molecule has 0 aromatic carbocycles. The van der Waals surface area contributed by atoms with Crippen molar-refractivity contribution in [3.05, 3.63) is 16.7 Å². The summed E-state index contributed by atoms with van der Waals surface area (Å²) in [5.74, 6) is -1.83. The number of anilines is 1. The highest BCUT2D eigenvalue weighted by atomic mass is 19.4. The molecule has 180 valence electrons. The Kier molecular flexibility index (Phi) is 5.80. The molecule has 33 heavy (non-hydrogen) atoms. The fraction of sp³-hybridized carbons (Fsp3) is 0.632. The molecular formula is C19H22F3N5O6. The topological polar surface area (TPSA) is 141 Å². The smallest absolute Gasteiger partial charge is 0.428 e. The summed E-state index contributed by atoms with van der Waals surface area (Å²) in [4.78, 5) is 44.3. The average Bonchev–Trinajstić information content (AvgIpc) is 3.37. The number of nitrogens with two attached hydrogens (primary N) is 1. The van der Waals surface area contributed by atoms with Gasteiger partial charge in [-0.2, -0.15) is 18.2 Å². The number of carbonyl (C=O) groups is 2. The Morgan fingerprint density at radius 3 is 2.58 bits per heavy atom. The summed E-state index contributed by atoms with van der Waals surface area (Å²) in [6.07, 6.45) is -9.28. The highest BCUT2D eigenvalue weighted by Crippen LogP contribution is 2.39. The van der Waals surface area contributed by atoms with Crippen LogP contribution in [0.4, 0.5) is 19.1 Å². The van der Waals surface area contributed by atoms with E-state index in [2.05, 4.69) is 14.7 Å². The molecular weight excluding hydrogens is 451 g/mol. The van der Waals surface area contributed by atoms with Crippen molar-refractivity contribution >= 4 is 29.1 Å². The first-order chi connectivity index (χ1) is 15.5. The summed E-state index contributed by atoms with van der Waals surface area (Å²) in [6.45, 7) is 2.28. The quantitative estimate of drug-likeness (QED) is 0.615. The molecule has 4 atom stereocenters. The van der Waals surface area contributed by atoms with Gasteiger partial charge < -0.3 is 19.9 Å². The van der Waals surface area contributed by atoms with Crippen LogP contribution in [0.5, 0.6) is 0 Å². The van der Waals surface area contributed by atoms with Crippen molar-refractivity contribution in [3.8, 4) is 0 Å². The lowest BCUT2D eigenvalue weighted by molar-refractivity contribution is -0.248. The van der Waals surface area contributed by atoms with E-state index in [9.17, 15) is 27.6 Å². The van der Waals surface area contributed by atoms with Gasteiger partial charge in [-0.05, 0) is 18.8 Å². The number of halogens is 3. The number of carbonyl (C=O) groups excluding carboxylic acids is 2. The van der Waals surface area contributed by atoms with Crippen molar-refractivity contribution in [1.29, 1.82) is 0 Å². The van der Waals surface area contributed by atoms with Gasteiger partial charge in [0.25, 0.3) is 0 Å². The number of hydrogen-bond donors (Lipinski definition) is 1. The number of nitrogen functional groups attached to an aromatic ring is 1. The predicted octanol–water partition coefficient (Wildman–Crippen LogP) is 1.30. The van der Waals surface area contributed by atoms with E-state index < -0.39 is 54.8 Å². The second-order valence-electron chi connectivity index (χ2n) is 8.16. The first-order valence-corrected chi connectivity index (χ1v) is 10.3. The first kappa shape index (κ1) is 23.0. The largest absolute Gasteiger partial charge is 0.458 e. The Hall–Kier alpha value is -3.16. The van der Waals surface area contributed by atoms with E-state index in [4.69, 9.17) is 15.2 Å². The van der Waals surface area contributed by atoms with Crippen LogP contribution in [0.25, 0.3) is 11.2 Å². The summed E-state index contributed by atoms with van der Waals surface area (Å²) in [6, 6.07) is 0. The number of ether oxygens (including phenoxy) is 3. The maximum absolute atomic E-state index is 13.6. The van der Waals surface area contributed by atoms with Crippen molar-refractivity contribution in [2.45, 2.75) is 70.4 Å². The van der Waals surface area contributed by atoms with Gasteiger partial charge in [-0.3, -0.25) is 14.2 Å². The molecule has 0 amide bonds. The third-order valence-electron chi connectivity index (χ3n) is 5.48. The number of esters is 2. The van der Waals surface area contributed by atoms with Crippen LogP contribution in [0.3, 0.4) is 0 Å². The molecule has 3 unspecified atom stereocenters. The molecule has 1 aliphatic carbocycles. The van der Waals surface area contributed by atoms with Gasteiger partial charge >= 0.3 is 23.8 Å². The second-order valence-corrected chi connectivity index (χ2v) is 8.16. The number of rotatable bonds is 6. The Morgan fingerprint density at radius 2 is 2.00 bits per heavy atom. The van der Waals surface area contributed by atoms with E-state index in [1.165, 1.54) is 10.8 Å². The van der Waals surface area contributed by atoms with Crippen molar-refractivity contribution < 1.29 is 37.0 Å². The Balaban J connectivity index is 1.79. The van der Waals surface area contributed by atoms with Gasteiger partial charge in [0.15, 0.2) is 11.9 Å². The molecule has 4 rings (SSSR count). The molecule has 0 bridgehead atoms. The highest BCUT2D eigenvalue weighted by molar-refractivity contribution is 5.72. The zero-order chi connectivity index (χ0) is 24.1.